The van der Waals surface area contributed by atoms with Crippen molar-refractivity contribution in [3.8, 4) is 5.75 Å². The van der Waals surface area contributed by atoms with Gasteiger partial charge in [0.05, 0.1) is 17.9 Å². The first kappa shape index (κ1) is 18.9. The van der Waals surface area contributed by atoms with E-state index in [9.17, 15) is 14.7 Å². The molecule has 0 radical (unpaired) electrons. The van der Waals surface area contributed by atoms with Crippen LogP contribution < -0.4 is 15.8 Å². The van der Waals surface area contributed by atoms with Gasteiger partial charge in [0.1, 0.15) is 29.1 Å². The summed E-state index contributed by atoms with van der Waals surface area (Å²) >= 11 is 0. The Morgan fingerprint density at radius 3 is 2.83 bits per heavy atom. The highest BCUT2D eigenvalue weighted by atomic mass is 16.5. The summed E-state index contributed by atoms with van der Waals surface area (Å²) in [6.45, 7) is 1.75. The zero-order valence-corrected chi connectivity index (χ0v) is 15.9. The van der Waals surface area contributed by atoms with E-state index in [0.717, 1.165) is 0 Å². The van der Waals surface area contributed by atoms with E-state index in [1.54, 1.807) is 31.3 Å². The van der Waals surface area contributed by atoms with Gasteiger partial charge in [0, 0.05) is 23.7 Å². The van der Waals surface area contributed by atoms with Gasteiger partial charge in [-0.2, -0.15) is 0 Å². The van der Waals surface area contributed by atoms with Crippen LogP contribution in [-0.2, 0) is 16.8 Å². The van der Waals surface area contributed by atoms with Crippen LogP contribution >= 0.6 is 0 Å². The van der Waals surface area contributed by atoms with Crippen LogP contribution in [0.25, 0.3) is 11.0 Å². The first-order chi connectivity index (χ1) is 14.0. The Morgan fingerprint density at radius 1 is 1.38 bits per heavy atom. The second kappa shape index (κ2) is 7.21. The Hall–Kier alpha value is -3.39. The summed E-state index contributed by atoms with van der Waals surface area (Å²) in [7, 11) is 0. The molecule has 2 amide bonds. The molecule has 1 fully saturated rings. The van der Waals surface area contributed by atoms with Gasteiger partial charge in [-0.05, 0) is 37.6 Å². The third-order valence-corrected chi connectivity index (χ3v) is 5.36. The van der Waals surface area contributed by atoms with E-state index >= 15 is 0 Å². The minimum atomic E-state index is -1.26. The summed E-state index contributed by atoms with van der Waals surface area (Å²) in [4.78, 5) is 29.2. The number of hydrogen-bond acceptors (Lipinski definition) is 6. The molecule has 8 nitrogen and oxygen atoms in total. The number of nitrogens with zero attached hydrogens (tertiary/aromatic N) is 1. The standard InChI is InChI=1S/C21H21N3O5/c1-12-16(19(22)26)17-14(29-12)5-6-15(28-10-13-4-2-3-8-23-13)18(17)21(11-25)7-9-24-20(21)27/h2-6,8,25H,7,9-11H2,1H3,(H2,22,26)(H,24,27). The molecular weight excluding hydrogens is 374 g/mol. The highest BCUT2D eigenvalue weighted by molar-refractivity contribution is 6.10. The van der Waals surface area contributed by atoms with Gasteiger partial charge in [-0.15, -0.1) is 0 Å². The van der Waals surface area contributed by atoms with Crippen LogP contribution in [-0.4, -0.2) is 35.1 Å². The maximum Gasteiger partial charge on any atom is 0.252 e. The Labute approximate surface area is 166 Å². The lowest BCUT2D eigenvalue weighted by molar-refractivity contribution is -0.125. The number of nitrogens with one attached hydrogen (secondary N) is 1. The number of aromatic nitrogens is 1. The monoisotopic (exact) mass is 395 g/mol. The van der Waals surface area contributed by atoms with Crippen molar-refractivity contribution in [2.24, 2.45) is 5.73 Å². The van der Waals surface area contributed by atoms with E-state index in [-0.39, 0.29) is 18.1 Å². The molecule has 4 N–H and O–H groups in total. The average molecular weight is 395 g/mol. The third-order valence-electron chi connectivity index (χ3n) is 5.36. The number of aryl methyl sites for hydroxylation is 1. The number of carbonyl (C=O) groups is 2. The average Bonchev–Trinajstić information content (AvgIpc) is 3.26. The van der Waals surface area contributed by atoms with Crippen LogP contribution in [0.15, 0.2) is 40.9 Å². The van der Waals surface area contributed by atoms with E-state index in [1.165, 1.54) is 0 Å². The molecule has 1 aliphatic rings. The lowest BCUT2D eigenvalue weighted by Gasteiger charge is -2.27. The summed E-state index contributed by atoms with van der Waals surface area (Å²) in [6.07, 6.45) is 2.01. The molecule has 1 unspecified atom stereocenters. The van der Waals surface area contributed by atoms with Crippen LogP contribution in [0, 0.1) is 6.92 Å². The summed E-state index contributed by atoms with van der Waals surface area (Å²) in [5.74, 6) is -0.278. The summed E-state index contributed by atoms with van der Waals surface area (Å²) in [5.41, 5.74) is 6.05. The quantitative estimate of drug-likeness (QED) is 0.581. The molecule has 150 valence electrons. The normalized spacial score (nSPS) is 18.8. The summed E-state index contributed by atoms with van der Waals surface area (Å²) < 4.78 is 11.7. The number of carbonyl (C=O) groups excluding carboxylic acids is 2. The van der Waals surface area contributed by atoms with Crippen LogP contribution in [0.5, 0.6) is 5.75 Å². The molecular formula is C21H21N3O5. The number of fused-ring (bicyclic) bond motifs is 1. The molecule has 4 rings (SSSR count). The molecule has 0 saturated carbocycles. The fourth-order valence-corrected chi connectivity index (χ4v) is 3.96. The van der Waals surface area contributed by atoms with Gasteiger partial charge in [0.15, 0.2) is 0 Å². The Morgan fingerprint density at radius 2 is 2.21 bits per heavy atom. The maximum absolute atomic E-state index is 12.8. The van der Waals surface area contributed by atoms with Crippen molar-refractivity contribution < 1.29 is 23.8 Å². The van der Waals surface area contributed by atoms with E-state index in [0.29, 0.717) is 46.7 Å². The molecule has 2 aromatic heterocycles. The second-order valence-corrected chi connectivity index (χ2v) is 7.07. The SMILES string of the molecule is Cc1oc2ccc(OCc3ccccn3)c(C3(CO)CCNC3=O)c2c1C(N)=O. The minimum absolute atomic E-state index is 0.158. The van der Waals surface area contributed by atoms with E-state index in [1.807, 2.05) is 12.1 Å². The van der Waals surface area contributed by atoms with Crippen LogP contribution in [0.1, 0.15) is 33.8 Å². The predicted molar refractivity (Wildman–Crippen MR) is 104 cm³/mol. The van der Waals surface area contributed by atoms with Gasteiger partial charge >= 0.3 is 0 Å². The summed E-state index contributed by atoms with van der Waals surface area (Å²) in [5, 5.41) is 13.4. The van der Waals surface area contributed by atoms with Crippen LogP contribution in [0.4, 0.5) is 0 Å². The number of aliphatic hydroxyl groups is 1. The molecule has 3 heterocycles. The molecule has 1 aromatic carbocycles. The predicted octanol–water partition coefficient (Wildman–Crippen LogP) is 1.56. The number of furan rings is 1. The summed E-state index contributed by atoms with van der Waals surface area (Å²) in [6, 6.07) is 8.82. The number of benzene rings is 1. The molecule has 1 aliphatic heterocycles. The van der Waals surface area contributed by atoms with Gasteiger partial charge in [-0.25, -0.2) is 0 Å². The molecule has 3 aromatic rings. The molecule has 0 aliphatic carbocycles. The molecule has 1 atom stereocenters. The molecule has 8 heteroatoms. The van der Waals surface area contributed by atoms with E-state index in [4.69, 9.17) is 14.9 Å². The number of nitrogens with two attached hydrogens (primary N) is 1. The number of pyridine rings is 1. The number of amides is 2. The first-order valence-electron chi connectivity index (χ1n) is 9.26. The van der Waals surface area contributed by atoms with Gasteiger partial charge in [-0.3, -0.25) is 14.6 Å². The fraction of sp³-hybridized carbons (Fsp3) is 0.286. The fourth-order valence-electron chi connectivity index (χ4n) is 3.96. The first-order valence-corrected chi connectivity index (χ1v) is 9.26. The van der Waals surface area contributed by atoms with Crippen molar-refractivity contribution in [1.82, 2.24) is 10.3 Å². The smallest absolute Gasteiger partial charge is 0.252 e. The van der Waals surface area contributed by atoms with Gasteiger partial charge in [0.2, 0.25) is 5.91 Å². The van der Waals surface area contributed by atoms with Crippen molar-refractivity contribution in [2.75, 3.05) is 13.2 Å². The van der Waals surface area contributed by atoms with Crippen molar-refractivity contribution in [2.45, 2.75) is 25.4 Å². The second-order valence-electron chi connectivity index (χ2n) is 7.07. The van der Waals surface area contributed by atoms with Crippen molar-refractivity contribution in [3.05, 3.63) is 59.1 Å². The van der Waals surface area contributed by atoms with E-state index < -0.39 is 17.9 Å². The third kappa shape index (κ3) is 3.01. The van der Waals surface area contributed by atoms with Crippen LogP contribution in [0.3, 0.4) is 0 Å². The Balaban J connectivity index is 1.94. The lowest BCUT2D eigenvalue weighted by Crippen LogP contribution is -2.39. The minimum Gasteiger partial charge on any atom is -0.487 e. The lowest BCUT2D eigenvalue weighted by atomic mass is 9.76. The maximum atomic E-state index is 12.8. The number of aliphatic hydroxyl groups excluding tert-OH is 1. The largest absolute Gasteiger partial charge is 0.487 e. The number of hydrogen-bond donors (Lipinski definition) is 3. The Bertz CT molecular complexity index is 1090. The highest BCUT2D eigenvalue weighted by Gasteiger charge is 2.47. The number of primary amides is 1. The highest BCUT2D eigenvalue weighted by Crippen LogP contribution is 2.44. The molecule has 1 saturated heterocycles. The van der Waals surface area contributed by atoms with E-state index in [2.05, 4.69) is 10.3 Å². The number of ether oxygens (including phenoxy) is 1. The number of rotatable bonds is 6. The van der Waals surface area contributed by atoms with Crippen LogP contribution in [0.2, 0.25) is 0 Å². The molecule has 0 spiro atoms. The zero-order chi connectivity index (χ0) is 20.6. The van der Waals surface area contributed by atoms with Gasteiger partial charge < -0.3 is 25.3 Å². The van der Waals surface area contributed by atoms with Crippen molar-refractivity contribution in [3.63, 3.8) is 0 Å². The molecule has 0 bridgehead atoms. The van der Waals surface area contributed by atoms with Gasteiger partial charge in [0.25, 0.3) is 5.91 Å². The molecule has 29 heavy (non-hydrogen) atoms. The van der Waals surface area contributed by atoms with Gasteiger partial charge in [-0.1, -0.05) is 6.07 Å². The van der Waals surface area contributed by atoms with Crippen molar-refractivity contribution >= 4 is 22.8 Å². The topological polar surface area (TPSA) is 128 Å². The van der Waals surface area contributed by atoms with Crippen molar-refractivity contribution in [1.29, 1.82) is 0 Å². The Kier molecular flexibility index (Phi) is 4.71. The zero-order valence-electron chi connectivity index (χ0n) is 15.9.